The first-order valence-electron chi connectivity index (χ1n) is 8.61. The first-order valence-corrected chi connectivity index (χ1v) is 8.61. The van der Waals surface area contributed by atoms with E-state index >= 15 is 0 Å². The molecule has 1 aliphatic rings. The Kier molecular flexibility index (Phi) is 5.13. The second kappa shape index (κ2) is 7.33. The van der Waals surface area contributed by atoms with Crippen LogP contribution in [0.5, 0.6) is 0 Å². The Morgan fingerprint density at radius 1 is 1.23 bits per heavy atom. The Morgan fingerprint density at radius 3 is 2.62 bits per heavy atom. The Morgan fingerprint density at radius 2 is 1.96 bits per heavy atom. The van der Waals surface area contributed by atoms with Gasteiger partial charge < -0.3 is 19.0 Å². The van der Waals surface area contributed by atoms with E-state index in [1.807, 2.05) is 50.2 Å². The van der Waals surface area contributed by atoms with Crippen LogP contribution in [0.2, 0.25) is 0 Å². The number of furan rings is 1. The van der Waals surface area contributed by atoms with Crippen molar-refractivity contribution in [2.24, 2.45) is 0 Å². The summed E-state index contributed by atoms with van der Waals surface area (Å²) >= 11 is 0. The molecule has 1 aromatic heterocycles. The Bertz CT molecular complexity index is 814. The fraction of sp³-hybridized carbons (Fsp3) is 0.400. The minimum Gasteiger partial charge on any atom is -0.464 e. The number of hydrogen-bond acceptors (Lipinski definition) is 4. The molecule has 1 aromatic carbocycles. The van der Waals surface area contributed by atoms with Crippen LogP contribution >= 0.6 is 0 Å². The van der Waals surface area contributed by atoms with E-state index in [4.69, 9.17) is 9.15 Å². The van der Waals surface area contributed by atoms with Crippen LogP contribution in [0.4, 0.5) is 0 Å². The highest BCUT2D eigenvalue weighted by Gasteiger charge is 2.41. The molecule has 1 aliphatic heterocycles. The van der Waals surface area contributed by atoms with E-state index in [0.29, 0.717) is 12.3 Å². The molecule has 138 valence electrons. The maximum Gasteiger partial charge on any atom is 0.254 e. The highest BCUT2D eigenvalue weighted by Crippen LogP contribution is 2.32. The predicted molar refractivity (Wildman–Crippen MR) is 96.3 cm³/mol. The van der Waals surface area contributed by atoms with Gasteiger partial charge in [0.25, 0.3) is 5.91 Å². The molecule has 3 rings (SSSR count). The standard InChI is InChI=1S/C20H24N2O4/c1-13-7-5-6-8-16(13)18-19(25-12-17(23)22(18)4)20(24)21(3)11-15-10-9-14(2)26-15/h5-10,18-19H,11-12H2,1-4H3/t18-,19+/m1/s1. The summed E-state index contributed by atoms with van der Waals surface area (Å²) in [6.07, 6.45) is -0.750. The number of carbonyl (C=O) groups excluding carboxylic acids is 2. The van der Waals surface area contributed by atoms with Crippen molar-refractivity contribution in [1.82, 2.24) is 9.80 Å². The van der Waals surface area contributed by atoms with Gasteiger partial charge in [0, 0.05) is 14.1 Å². The van der Waals surface area contributed by atoms with Crippen molar-refractivity contribution in [2.75, 3.05) is 20.7 Å². The Labute approximate surface area is 153 Å². The average molecular weight is 356 g/mol. The van der Waals surface area contributed by atoms with Gasteiger partial charge in [0.2, 0.25) is 5.91 Å². The van der Waals surface area contributed by atoms with Gasteiger partial charge in [-0.3, -0.25) is 9.59 Å². The molecule has 1 fully saturated rings. The summed E-state index contributed by atoms with van der Waals surface area (Å²) in [6.45, 7) is 4.09. The molecule has 2 aromatic rings. The fourth-order valence-electron chi connectivity index (χ4n) is 3.31. The lowest BCUT2D eigenvalue weighted by Crippen LogP contribution is -2.53. The van der Waals surface area contributed by atoms with E-state index in [9.17, 15) is 9.59 Å². The molecule has 0 radical (unpaired) electrons. The molecule has 26 heavy (non-hydrogen) atoms. The van der Waals surface area contributed by atoms with Gasteiger partial charge in [-0.1, -0.05) is 24.3 Å². The Hall–Kier alpha value is -2.60. The minimum absolute atomic E-state index is 0.0943. The van der Waals surface area contributed by atoms with Crippen LogP contribution in [0.1, 0.15) is 28.7 Å². The third-order valence-electron chi connectivity index (χ3n) is 4.80. The maximum atomic E-state index is 13.1. The first-order chi connectivity index (χ1) is 12.4. The third-order valence-corrected chi connectivity index (χ3v) is 4.80. The quantitative estimate of drug-likeness (QED) is 0.844. The Balaban J connectivity index is 1.86. The van der Waals surface area contributed by atoms with Crippen molar-refractivity contribution < 1.29 is 18.7 Å². The summed E-state index contributed by atoms with van der Waals surface area (Å²) in [7, 11) is 3.44. The molecule has 1 saturated heterocycles. The van der Waals surface area contributed by atoms with E-state index in [-0.39, 0.29) is 18.4 Å². The number of benzene rings is 1. The number of carbonyl (C=O) groups is 2. The van der Waals surface area contributed by atoms with Crippen LogP contribution in [0.25, 0.3) is 0 Å². The van der Waals surface area contributed by atoms with Gasteiger partial charge in [-0.2, -0.15) is 0 Å². The summed E-state index contributed by atoms with van der Waals surface area (Å²) < 4.78 is 11.3. The molecule has 0 bridgehead atoms. The van der Waals surface area contributed by atoms with Crippen LogP contribution in [-0.2, 0) is 20.9 Å². The van der Waals surface area contributed by atoms with E-state index < -0.39 is 12.1 Å². The maximum absolute atomic E-state index is 13.1. The van der Waals surface area contributed by atoms with Crippen molar-refractivity contribution in [3.05, 3.63) is 59.0 Å². The molecule has 0 N–H and O–H groups in total. The van der Waals surface area contributed by atoms with Gasteiger partial charge in [-0.15, -0.1) is 0 Å². The topological polar surface area (TPSA) is 63.0 Å². The monoisotopic (exact) mass is 356 g/mol. The lowest BCUT2D eigenvalue weighted by Gasteiger charge is -2.40. The molecule has 6 nitrogen and oxygen atoms in total. The zero-order chi connectivity index (χ0) is 18.8. The van der Waals surface area contributed by atoms with E-state index in [2.05, 4.69) is 0 Å². The zero-order valence-electron chi connectivity index (χ0n) is 15.6. The highest BCUT2D eigenvalue weighted by molar-refractivity contribution is 5.86. The average Bonchev–Trinajstić information content (AvgIpc) is 3.02. The molecule has 0 spiro atoms. The second-order valence-corrected chi connectivity index (χ2v) is 6.74. The van der Waals surface area contributed by atoms with Crippen molar-refractivity contribution in [2.45, 2.75) is 32.5 Å². The molecular formula is C20H24N2O4. The number of amides is 2. The number of aryl methyl sites for hydroxylation is 2. The van der Waals surface area contributed by atoms with Crippen LogP contribution in [-0.4, -0.2) is 48.4 Å². The molecule has 0 aliphatic carbocycles. The predicted octanol–water partition coefficient (Wildman–Crippen LogP) is 2.45. The molecule has 6 heteroatoms. The van der Waals surface area contributed by atoms with Crippen molar-refractivity contribution in [1.29, 1.82) is 0 Å². The summed E-state index contributed by atoms with van der Waals surface area (Å²) in [6, 6.07) is 11.0. The van der Waals surface area contributed by atoms with Gasteiger partial charge in [0.15, 0.2) is 6.10 Å². The van der Waals surface area contributed by atoms with E-state index in [0.717, 1.165) is 16.9 Å². The van der Waals surface area contributed by atoms with E-state index in [1.54, 1.807) is 23.9 Å². The fourth-order valence-corrected chi connectivity index (χ4v) is 3.31. The van der Waals surface area contributed by atoms with Gasteiger partial charge in [0.05, 0.1) is 12.6 Å². The van der Waals surface area contributed by atoms with Gasteiger partial charge in [-0.25, -0.2) is 0 Å². The number of hydrogen-bond donors (Lipinski definition) is 0. The summed E-state index contributed by atoms with van der Waals surface area (Å²) in [4.78, 5) is 28.5. The van der Waals surface area contributed by atoms with Crippen LogP contribution in [0.15, 0.2) is 40.8 Å². The summed E-state index contributed by atoms with van der Waals surface area (Å²) in [5.74, 6) is 1.21. The number of ether oxygens (including phenoxy) is 1. The molecule has 0 unspecified atom stereocenters. The lowest BCUT2D eigenvalue weighted by atomic mass is 9.93. The summed E-state index contributed by atoms with van der Waals surface area (Å²) in [5.41, 5.74) is 1.94. The molecule has 2 amide bonds. The third kappa shape index (κ3) is 3.51. The molecule has 2 atom stereocenters. The SMILES string of the molecule is Cc1ccc(CN(C)C(=O)[C@H]2OCC(=O)N(C)[C@@H]2c2ccccc2C)o1. The van der Waals surface area contributed by atoms with Crippen LogP contribution in [0.3, 0.4) is 0 Å². The normalized spacial score (nSPS) is 20.3. The van der Waals surface area contributed by atoms with Gasteiger partial charge in [0.1, 0.15) is 18.1 Å². The minimum atomic E-state index is -0.750. The van der Waals surface area contributed by atoms with Crippen molar-refractivity contribution in [3.63, 3.8) is 0 Å². The number of nitrogens with zero attached hydrogens (tertiary/aromatic N) is 2. The molecular weight excluding hydrogens is 332 g/mol. The smallest absolute Gasteiger partial charge is 0.254 e. The van der Waals surface area contributed by atoms with E-state index in [1.165, 1.54) is 0 Å². The zero-order valence-corrected chi connectivity index (χ0v) is 15.6. The summed E-state index contributed by atoms with van der Waals surface area (Å²) in [5, 5.41) is 0. The largest absolute Gasteiger partial charge is 0.464 e. The number of likely N-dealkylation sites (N-methyl/N-ethyl adjacent to an activating group) is 2. The first kappa shape index (κ1) is 18.2. The highest BCUT2D eigenvalue weighted by atomic mass is 16.5. The van der Waals surface area contributed by atoms with Crippen molar-refractivity contribution in [3.8, 4) is 0 Å². The number of morpholine rings is 1. The molecule has 2 heterocycles. The van der Waals surface area contributed by atoms with Gasteiger partial charge >= 0.3 is 0 Å². The van der Waals surface area contributed by atoms with Crippen LogP contribution < -0.4 is 0 Å². The lowest BCUT2D eigenvalue weighted by molar-refractivity contribution is -0.167. The second-order valence-electron chi connectivity index (χ2n) is 6.74. The van der Waals surface area contributed by atoms with Crippen LogP contribution in [0, 0.1) is 13.8 Å². The van der Waals surface area contributed by atoms with Gasteiger partial charge in [-0.05, 0) is 37.1 Å². The molecule has 0 saturated carbocycles. The van der Waals surface area contributed by atoms with Crippen molar-refractivity contribution >= 4 is 11.8 Å². The number of rotatable bonds is 4.